The number of likely N-dealkylation sites (N-methyl/N-ethyl adjacent to an activating group) is 1. The molecule has 2 aromatic heterocycles. The van der Waals surface area contributed by atoms with Crippen LogP contribution in [0.25, 0.3) is 11.3 Å². The lowest BCUT2D eigenvalue weighted by Crippen LogP contribution is -2.51. The minimum atomic E-state index is -4.44. The van der Waals surface area contributed by atoms with E-state index in [2.05, 4.69) is 9.80 Å². The van der Waals surface area contributed by atoms with Crippen molar-refractivity contribution in [3.8, 4) is 11.3 Å². The maximum Gasteiger partial charge on any atom is 0.416 e. The number of piperazine rings is 1. The number of Topliss-reactive ketones (excluding diaryl/α,β-unsaturated/α-hetero) is 1. The molecule has 1 aromatic carbocycles. The van der Waals surface area contributed by atoms with E-state index in [1.54, 1.807) is 13.0 Å². The summed E-state index contributed by atoms with van der Waals surface area (Å²) in [6.45, 7) is 5.32. The second-order valence-electron chi connectivity index (χ2n) is 12.8. The number of halogens is 4. The molecule has 3 aliphatic rings. The number of aryl methyl sites for hydroxylation is 1. The fourth-order valence-electron chi connectivity index (χ4n) is 7.14. The largest absolute Gasteiger partial charge is 0.416 e. The van der Waals surface area contributed by atoms with Crippen LogP contribution in [0.1, 0.15) is 69.4 Å². The standard InChI is InChI=1S/C34H40ClF3N4O3S2/c1-2-42(47(44,45)32-15-14-30(35)46-32)33(16-17-33)29(43)13-8-24-22-28(25-9-11-26(12-10-25)34(36,37)38)39-31(23-24)41-20-18-40(19-21-41)27-6-4-3-5-7-27/h9-12,14-15,22-23,27H,2-8,13,16-21H2,1H3. The van der Waals surface area contributed by atoms with Crippen LogP contribution in [0, 0.1) is 0 Å². The molecule has 13 heteroatoms. The first-order valence-corrected chi connectivity index (χ1v) is 19.0. The molecule has 2 aliphatic carbocycles. The Labute approximate surface area is 283 Å². The van der Waals surface area contributed by atoms with Crippen molar-refractivity contribution in [2.24, 2.45) is 0 Å². The zero-order valence-electron chi connectivity index (χ0n) is 26.4. The number of pyridine rings is 1. The summed E-state index contributed by atoms with van der Waals surface area (Å²) in [5, 5.41) is 0. The first kappa shape index (κ1) is 34.4. The number of alkyl halides is 3. The topological polar surface area (TPSA) is 73.8 Å². The van der Waals surface area contributed by atoms with E-state index in [9.17, 15) is 26.4 Å². The Morgan fingerprint density at radius 3 is 2.28 bits per heavy atom. The van der Waals surface area contributed by atoms with Crippen LogP contribution in [0.4, 0.5) is 19.0 Å². The van der Waals surface area contributed by atoms with Gasteiger partial charge in [-0.3, -0.25) is 9.69 Å². The van der Waals surface area contributed by atoms with Crippen molar-refractivity contribution in [3.63, 3.8) is 0 Å². The van der Waals surface area contributed by atoms with Gasteiger partial charge in [-0.05, 0) is 74.1 Å². The summed E-state index contributed by atoms with van der Waals surface area (Å²) in [4.78, 5) is 23.5. The Kier molecular flexibility index (Phi) is 10.1. The molecule has 1 aliphatic heterocycles. The monoisotopic (exact) mass is 708 g/mol. The molecular weight excluding hydrogens is 669 g/mol. The van der Waals surface area contributed by atoms with E-state index < -0.39 is 27.3 Å². The second kappa shape index (κ2) is 13.8. The van der Waals surface area contributed by atoms with E-state index in [1.165, 1.54) is 54.6 Å². The fourth-order valence-corrected chi connectivity index (χ4v) is 10.6. The van der Waals surface area contributed by atoms with Crippen LogP contribution < -0.4 is 4.90 Å². The highest BCUT2D eigenvalue weighted by molar-refractivity contribution is 7.91. The van der Waals surface area contributed by atoms with Gasteiger partial charge in [0.15, 0.2) is 5.78 Å². The van der Waals surface area contributed by atoms with E-state index in [4.69, 9.17) is 16.6 Å². The third-order valence-electron chi connectivity index (χ3n) is 9.85. The lowest BCUT2D eigenvalue weighted by Gasteiger charge is -2.41. The van der Waals surface area contributed by atoms with Crippen LogP contribution in [0.15, 0.2) is 52.7 Å². The maximum absolute atomic E-state index is 13.8. The van der Waals surface area contributed by atoms with Crippen LogP contribution in [0.5, 0.6) is 0 Å². The van der Waals surface area contributed by atoms with Crippen molar-refractivity contribution in [1.29, 1.82) is 0 Å². The van der Waals surface area contributed by atoms with Gasteiger partial charge < -0.3 is 4.90 Å². The van der Waals surface area contributed by atoms with Gasteiger partial charge in [0.1, 0.15) is 10.0 Å². The van der Waals surface area contributed by atoms with Crippen LogP contribution in [-0.2, 0) is 27.4 Å². The zero-order chi connectivity index (χ0) is 33.4. The highest BCUT2D eigenvalue weighted by atomic mass is 35.5. The van der Waals surface area contributed by atoms with Crippen molar-refractivity contribution in [2.75, 3.05) is 37.6 Å². The molecule has 7 nitrogen and oxygen atoms in total. The number of sulfonamides is 1. The number of thiophene rings is 1. The molecule has 254 valence electrons. The Balaban J connectivity index is 1.22. The first-order chi connectivity index (χ1) is 22.4. The highest BCUT2D eigenvalue weighted by Crippen LogP contribution is 2.47. The maximum atomic E-state index is 13.8. The summed E-state index contributed by atoms with van der Waals surface area (Å²) in [5.41, 5.74) is 0.134. The quantitative estimate of drug-likeness (QED) is 0.204. The highest BCUT2D eigenvalue weighted by Gasteiger charge is 2.57. The summed E-state index contributed by atoms with van der Waals surface area (Å²) < 4.78 is 68.7. The van der Waals surface area contributed by atoms with Crippen molar-refractivity contribution < 1.29 is 26.4 Å². The van der Waals surface area contributed by atoms with Gasteiger partial charge in [0, 0.05) is 50.7 Å². The lowest BCUT2D eigenvalue weighted by molar-refractivity contribution is -0.137. The molecule has 3 aromatic rings. The minimum Gasteiger partial charge on any atom is -0.354 e. The minimum absolute atomic E-state index is 0.118. The molecule has 0 radical (unpaired) electrons. The number of benzene rings is 1. The SMILES string of the molecule is CCN(C1(C(=O)CCc2cc(-c3ccc(C(F)(F)F)cc3)nc(N3CCN(C4CCCCC4)CC3)c2)CC1)S(=O)(=O)c1ccc(Cl)s1. The molecular formula is C34H40ClF3N4O3S2. The van der Waals surface area contributed by atoms with Gasteiger partial charge in [-0.2, -0.15) is 17.5 Å². The zero-order valence-corrected chi connectivity index (χ0v) is 28.8. The molecule has 1 saturated heterocycles. The average Bonchev–Trinajstić information content (AvgIpc) is 3.74. The number of rotatable bonds is 11. The van der Waals surface area contributed by atoms with Gasteiger partial charge in [-0.15, -0.1) is 11.3 Å². The number of ketones is 1. The Morgan fingerprint density at radius 2 is 1.70 bits per heavy atom. The van der Waals surface area contributed by atoms with Gasteiger partial charge in [0.2, 0.25) is 0 Å². The first-order valence-electron chi connectivity index (χ1n) is 16.4. The van der Waals surface area contributed by atoms with Crippen molar-refractivity contribution >= 4 is 44.6 Å². The van der Waals surface area contributed by atoms with Crippen LogP contribution in [0.2, 0.25) is 4.34 Å². The van der Waals surface area contributed by atoms with E-state index in [-0.39, 0.29) is 23.0 Å². The Hall–Kier alpha value is -2.51. The normalized spacial score (nSPS) is 19.3. The number of nitrogens with zero attached hydrogens (tertiary/aromatic N) is 4. The Bertz CT molecular complexity index is 1680. The number of carbonyl (C=O) groups is 1. The Morgan fingerprint density at radius 1 is 1.02 bits per heavy atom. The second-order valence-corrected chi connectivity index (χ2v) is 16.6. The summed E-state index contributed by atoms with van der Waals surface area (Å²) in [5.74, 6) is 0.600. The van der Waals surface area contributed by atoms with Crippen LogP contribution in [0.3, 0.4) is 0 Å². The lowest BCUT2D eigenvalue weighted by atomic mass is 9.94. The summed E-state index contributed by atoms with van der Waals surface area (Å²) in [7, 11) is -3.90. The van der Waals surface area contributed by atoms with Gasteiger partial charge in [0.25, 0.3) is 10.0 Å². The van der Waals surface area contributed by atoms with Crippen molar-refractivity contribution in [1.82, 2.24) is 14.2 Å². The van der Waals surface area contributed by atoms with E-state index in [0.717, 1.165) is 61.0 Å². The van der Waals surface area contributed by atoms with E-state index >= 15 is 0 Å². The average molecular weight is 709 g/mol. The molecule has 3 fully saturated rings. The van der Waals surface area contributed by atoms with Gasteiger partial charge in [-0.25, -0.2) is 13.4 Å². The molecule has 2 saturated carbocycles. The van der Waals surface area contributed by atoms with Gasteiger partial charge in [-0.1, -0.05) is 49.9 Å². The summed E-state index contributed by atoms with van der Waals surface area (Å²) in [6.07, 6.45) is 3.29. The van der Waals surface area contributed by atoms with Gasteiger partial charge >= 0.3 is 6.18 Å². The van der Waals surface area contributed by atoms with Crippen molar-refractivity contribution in [2.45, 2.75) is 86.7 Å². The molecule has 0 N–H and O–H groups in total. The molecule has 0 bridgehead atoms. The molecule has 0 unspecified atom stereocenters. The smallest absolute Gasteiger partial charge is 0.354 e. The molecule has 0 amide bonds. The third-order valence-corrected chi connectivity index (χ3v) is 13.6. The number of carbonyl (C=O) groups excluding carboxylic acids is 1. The number of hydrogen-bond acceptors (Lipinski definition) is 7. The van der Waals surface area contributed by atoms with E-state index in [0.29, 0.717) is 40.9 Å². The van der Waals surface area contributed by atoms with Crippen molar-refractivity contribution in [3.05, 3.63) is 64.0 Å². The predicted octanol–water partition coefficient (Wildman–Crippen LogP) is 7.68. The number of anilines is 1. The third kappa shape index (κ3) is 7.41. The number of hydrogen-bond donors (Lipinski definition) is 0. The summed E-state index contributed by atoms with van der Waals surface area (Å²) in [6, 6.07) is 12.4. The van der Waals surface area contributed by atoms with Crippen LogP contribution in [-0.4, -0.2) is 72.7 Å². The predicted molar refractivity (Wildman–Crippen MR) is 180 cm³/mol. The summed E-state index contributed by atoms with van der Waals surface area (Å²) >= 11 is 7.00. The molecule has 0 atom stereocenters. The molecule has 47 heavy (non-hydrogen) atoms. The van der Waals surface area contributed by atoms with E-state index in [1.807, 2.05) is 12.1 Å². The van der Waals surface area contributed by atoms with Crippen LogP contribution >= 0.6 is 22.9 Å². The molecule has 6 rings (SSSR count). The van der Waals surface area contributed by atoms with Gasteiger partial charge in [0.05, 0.1) is 21.1 Å². The molecule has 0 spiro atoms. The number of aromatic nitrogens is 1. The fraction of sp³-hybridized carbons (Fsp3) is 0.529. The molecule has 3 heterocycles.